The molecule has 2 N–H and O–H groups in total. The fourth-order valence-electron chi connectivity index (χ4n) is 3.24. The van der Waals surface area contributed by atoms with Gasteiger partial charge in [0.05, 0.1) is 13.5 Å². The number of carbonyl (C=O) groups excluding carboxylic acids is 4. The molecule has 2 amide bonds. The molecule has 0 aromatic heterocycles. The number of methoxy groups -OCH3 is 1. The first-order valence-corrected chi connectivity index (χ1v) is 12.0. The predicted molar refractivity (Wildman–Crippen MR) is 130 cm³/mol. The van der Waals surface area contributed by atoms with Crippen molar-refractivity contribution in [1.82, 2.24) is 10.6 Å². The number of Topliss-reactive ketones (excluding diaryl/α,β-unsaturated/α-hetero) is 1. The third-order valence-electron chi connectivity index (χ3n) is 5.05. The van der Waals surface area contributed by atoms with E-state index in [4.69, 9.17) is 9.47 Å². The summed E-state index contributed by atoms with van der Waals surface area (Å²) in [6.07, 6.45) is 4.31. The van der Waals surface area contributed by atoms with Crippen molar-refractivity contribution in [3.8, 4) is 5.75 Å². The Morgan fingerprint density at radius 2 is 1.65 bits per heavy atom. The molecule has 1 aromatic carbocycles. The Hall–Kier alpha value is -2.90. The van der Waals surface area contributed by atoms with E-state index in [0.29, 0.717) is 12.8 Å². The first-order chi connectivity index (χ1) is 16.1. The molecule has 34 heavy (non-hydrogen) atoms. The largest absolute Gasteiger partial charge is 0.497 e. The number of rotatable bonds is 15. The van der Waals surface area contributed by atoms with Crippen molar-refractivity contribution in [3.63, 3.8) is 0 Å². The van der Waals surface area contributed by atoms with Crippen molar-refractivity contribution in [1.29, 1.82) is 0 Å². The van der Waals surface area contributed by atoms with E-state index in [-0.39, 0.29) is 19.4 Å². The SMILES string of the molecule is CCCC[C@H](NC(=O)C(=O)CCCCc1ccc(OC)cc1)C(=O)NCCC(=O)OC(C)(C)C. The number of aryl methyl sites for hydroxylation is 1. The normalized spacial score (nSPS) is 11.9. The summed E-state index contributed by atoms with van der Waals surface area (Å²) in [4.78, 5) is 49.0. The van der Waals surface area contributed by atoms with Crippen LogP contribution in [0.5, 0.6) is 5.75 Å². The van der Waals surface area contributed by atoms with Crippen molar-refractivity contribution in [3.05, 3.63) is 29.8 Å². The van der Waals surface area contributed by atoms with Gasteiger partial charge in [-0.25, -0.2) is 0 Å². The topological polar surface area (TPSA) is 111 Å². The lowest BCUT2D eigenvalue weighted by molar-refractivity contribution is -0.154. The lowest BCUT2D eigenvalue weighted by atomic mass is 10.0. The van der Waals surface area contributed by atoms with Crippen molar-refractivity contribution in [2.24, 2.45) is 0 Å². The standard InChI is InChI=1S/C26H40N2O6/c1-6-7-11-21(24(31)27-18-17-23(30)34-26(2,3)4)28-25(32)22(29)12-9-8-10-19-13-15-20(33-5)16-14-19/h13-16,21H,6-12,17-18H2,1-5H3,(H,27,31)(H,28,32)/t21-/m0/s1. The molecule has 190 valence electrons. The van der Waals surface area contributed by atoms with Crippen LogP contribution in [0.1, 0.15) is 78.2 Å². The van der Waals surface area contributed by atoms with Gasteiger partial charge in [0.1, 0.15) is 17.4 Å². The van der Waals surface area contributed by atoms with Gasteiger partial charge in [-0.2, -0.15) is 0 Å². The van der Waals surface area contributed by atoms with Gasteiger partial charge in [-0.05, 0) is 64.2 Å². The van der Waals surface area contributed by atoms with Crippen LogP contribution in [0.4, 0.5) is 0 Å². The average Bonchev–Trinajstić information content (AvgIpc) is 2.78. The highest BCUT2D eigenvalue weighted by atomic mass is 16.6. The summed E-state index contributed by atoms with van der Waals surface area (Å²) >= 11 is 0. The second-order valence-electron chi connectivity index (χ2n) is 9.27. The van der Waals surface area contributed by atoms with Crippen LogP contribution in [0.2, 0.25) is 0 Å². The third kappa shape index (κ3) is 12.4. The van der Waals surface area contributed by atoms with E-state index >= 15 is 0 Å². The molecule has 0 fully saturated rings. The first-order valence-electron chi connectivity index (χ1n) is 12.0. The van der Waals surface area contributed by atoms with Crippen LogP contribution in [0.15, 0.2) is 24.3 Å². The number of esters is 1. The molecule has 0 spiro atoms. The molecule has 8 heteroatoms. The van der Waals surface area contributed by atoms with Gasteiger partial charge < -0.3 is 20.1 Å². The molecule has 0 saturated carbocycles. The minimum absolute atomic E-state index is 0.0323. The average molecular weight is 477 g/mol. The van der Waals surface area contributed by atoms with E-state index in [1.54, 1.807) is 27.9 Å². The maximum atomic E-state index is 12.5. The van der Waals surface area contributed by atoms with E-state index in [0.717, 1.165) is 37.0 Å². The van der Waals surface area contributed by atoms with Gasteiger partial charge >= 0.3 is 5.97 Å². The molecule has 0 saturated heterocycles. The van der Waals surface area contributed by atoms with Crippen LogP contribution >= 0.6 is 0 Å². The van der Waals surface area contributed by atoms with Crippen LogP contribution in [-0.4, -0.2) is 48.9 Å². The molecule has 1 rings (SSSR count). The molecular formula is C26H40N2O6. The number of benzene rings is 1. The Morgan fingerprint density at radius 1 is 0.971 bits per heavy atom. The minimum atomic E-state index is -0.811. The zero-order valence-corrected chi connectivity index (χ0v) is 21.2. The Morgan fingerprint density at radius 3 is 2.24 bits per heavy atom. The van der Waals surface area contributed by atoms with E-state index < -0.39 is 35.2 Å². The van der Waals surface area contributed by atoms with Gasteiger partial charge in [0.2, 0.25) is 11.7 Å². The second kappa shape index (κ2) is 15.1. The number of nitrogens with one attached hydrogen (secondary N) is 2. The molecule has 1 aromatic rings. The number of hydrogen-bond acceptors (Lipinski definition) is 6. The Labute approximate surface area is 203 Å². The number of ether oxygens (including phenoxy) is 2. The molecule has 0 aliphatic rings. The molecule has 0 bridgehead atoms. The van der Waals surface area contributed by atoms with E-state index in [1.165, 1.54) is 0 Å². The Kier molecular flexibility index (Phi) is 12.9. The van der Waals surface area contributed by atoms with Crippen LogP contribution in [0.25, 0.3) is 0 Å². The molecule has 0 radical (unpaired) electrons. The van der Waals surface area contributed by atoms with Crippen LogP contribution < -0.4 is 15.4 Å². The number of hydrogen-bond donors (Lipinski definition) is 2. The smallest absolute Gasteiger partial charge is 0.308 e. The van der Waals surface area contributed by atoms with Gasteiger partial charge in [0, 0.05) is 13.0 Å². The van der Waals surface area contributed by atoms with Crippen molar-refractivity contribution < 1.29 is 28.7 Å². The number of amides is 2. The molecule has 1 atom stereocenters. The van der Waals surface area contributed by atoms with E-state index in [1.807, 2.05) is 31.2 Å². The summed E-state index contributed by atoms with van der Waals surface area (Å²) in [5.41, 5.74) is 0.550. The second-order valence-corrected chi connectivity index (χ2v) is 9.27. The fraction of sp³-hybridized carbons (Fsp3) is 0.615. The Bertz CT molecular complexity index is 799. The highest BCUT2D eigenvalue weighted by Gasteiger charge is 2.24. The lowest BCUT2D eigenvalue weighted by Crippen LogP contribution is -2.49. The zero-order chi connectivity index (χ0) is 25.6. The van der Waals surface area contributed by atoms with Gasteiger partial charge in [0.15, 0.2) is 0 Å². The van der Waals surface area contributed by atoms with Crippen LogP contribution in [0, 0.1) is 0 Å². The van der Waals surface area contributed by atoms with Gasteiger partial charge in [0.25, 0.3) is 5.91 Å². The summed E-state index contributed by atoms with van der Waals surface area (Å²) in [5, 5.41) is 5.22. The summed E-state index contributed by atoms with van der Waals surface area (Å²) in [5.74, 6) is -1.29. The summed E-state index contributed by atoms with van der Waals surface area (Å²) in [6, 6.07) is 6.93. The maximum absolute atomic E-state index is 12.5. The zero-order valence-electron chi connectivity index (χ0n) is 21.2. The molecular weight excluding hydrogens is 436 g/mol. The van der Waals surface area contributed by atoms with Gasteiger partial charge in [-0.15, -0.1) is 0 Å². The van der Waals surface area contributed by atoms with Crippen molar-refractivity contribution >= 4 is 23.6 Å². The number of ketones is 1. The number of carbonyl (C=O) groups is 4. The summed E-state index contributed by atoms with van der Waals surface area (Å²) in [7, 11) is 1.62. The molecule has 0 unspecified atom stereocenters. The quantitative estimate of drug-likeness (QED) is 0.228. The maximum Gasteiger partial charge on any atom is 0.308 e. The highest BCUT2D eigenvalue weighted by Crippen LogP contribution is 2.14. The first kappa shape index (κ1) is 29.1. The summed E-state index contributed by atoms with van der Waals surface area (Å²) < 4.78 is 10.4. The Balaban J connectivity index is 2.44. The minimum Gasteiger partial charge on any atom is -0.497 e. The van der Waals surface area contributed by atoms with Crippen molar-refractivity contribution in [2.45, 2.75) is 90.7 Å². The summed E-state index contributed by atoms with van der Waals surface area (Å²) in [6.45, 7) is 7.40. The monoisotopic (exact) mass is 476 g/mol. The fourth-order valence-corrected chi connectivity index (χ4v) is 3.24. The molecule has 8 nitrogen and oxygen atoms in total. The molecule has 0 aliphatic heterocycles. The predicted octanol–water partition coefficient (Wildman–Crippen LogP) is 3.50. The van der Waals surface area contributed by atoms with Crippen LogP contribution in [-0.2, 0) is 30.3 Å². The van der Waals surface area contributed by atoms with Crippen LogP contribution in [0.3, 0.4) is 0 Å². The van der Waals surface area contributed by atoms with E-state index in [9.17, 15) is 19.2 Å². The van der Waals surface area contributed by atoms with Crippen molar-refractivity contribution in [2.75, 3.05) is 13.7 Å². The van der Waals surface area contributed by atoms with Gasteiger partial charge in [-0.3, -0.25) is 19.2 Å². The van der Waals surface area contributed by atoms with Gasteiger partial charge in [-0.1, -0.05) is 31.9 Å². The third-order valence-corrected chi connectivity index (χ3v) is 5.05. The lowest BCUT2D eigenvalue weighted by Gasteiger charge is -2.20. The molecule has 0 heterocycles. The van der Waals surface area contributed by atoms with E-state index in [2.05, 4.69) is 10.6 Å². The number of unbranched alkanes of at least 4 members (excludes halogenated alkanes) is 2. The molecule has 0 aliphatic carbocycles. The highest BCUT2D eigenvalue weighted by molar-refractivity contribution is 6.36.